The number of carboxylic acids is 2. The lowest BCUT2D eigenvalue weighted by Crippen LogP contribution is -2.56. The number of hydrogen-bond acceptors (Lipinski definition) is 4. The molecular weight excluding hydrogens is 386 g/mol. The molecule has 6 nitrogen and oxygen atoms in total. The van der Waals surface area contributed by atoms with E-state index in [0.717, 1.165) is 22.6 Å². The number of alkyl halides is 2. The van der Waals surface area contributed by atoms with E-state index < -0.39 is 20.1 Å². The molecule has 0 amide bonds. The first-order valence-corrected chi connectivity index (χ1v) is 4.75. The van der Waals surface area contributed by atoms with Crippen LogP contribution in [0.5, 0.6) is 0 Å². The smallest absolute Gasteiger partial charge is 0.353 e. The van der Waals surface area contributed by atoms with Crippen LogP contribution >= 0.6 is 50.4 Å². The normalized spacial score (nSPS) is 20.0. The zero-order valence-corrected chi connectivity index (χ0v) is 10.2. The van der Waals surface area contributed by atoms with E-state index in [9.17, 15) is 14.7 Å². The van der Waals surface area contributed by atoms with Crippen molar-refractivity contribution >= 4 is 62.3 Å². The summed E-state index contributed by atoms with van der Waals surface area (Å²) in [7, 11) is 0. The third-order valence-corrected chi connectivity index (χ3v) is 4.68. The van der Waals surface area contributed by atoms with E-state index in [1.54, 1.807) is 0 Å². The molecule has 0 aromatic carbocycles. The van der Waals surface area contributed by atoms with Gasteiger partial charge in [-0.25, -0.2) is 13.9 Å². The minimum atomic E-state index is -2.81. The van der Waals surface area contributed by atoms with E-state index in [1.165, 1.54) is 0 Å². The van der Waals surface area contributed by atoms with Crippen molar-refractivity contribution in [1.29, 1.82) is 0 Å². The molecule has 0 aromatic rings. The summed E-state index contributed by atoms with van der Waals surface area (Å²) in [6, 6.07) is 0. The molecule has 0 fully saturated rings. The molecule has 0 heterocycles. The van der Waals surface area contributed by atoms with Crippen LogP contribution in [-0.4, -0.2) is 35.4 Å². The molecule has 9 heteroatoms. The van der Waals surface area contributed by atoms with Crippen LogP contribution in [0.1, 0.15) is 0 Å². The third-order valence-electron chi connectivity index (χ3n) is 1.09. The summed E-state index contributed by atoms with van der Waals surface area (Å²) < 4.78 is -1.42. The number of halogens is 3. The Kier molecular flexibility index (Phi) is 4.37. The van der Waals surface area contributed by atoms with Crippen molar-refractivity contribution in [3.63, 3.8) is 0 Å². The van der Waals surface area contributed by atoms with Crippen LogP contribution in [0.4, 0.5) is 0 Å². The second kappa shape index (κ2) is 4.26. The molecule has 76 valence electrons. The molecule has 3 N–H and O–H groups in total. The van der Waals surface area contributed by atoms with Crippen molar-refractivity contribution in [3.8, 4) is 0 Å². The third kappa shape index (κ3) is 2.24. The van der Waals surface area contributed by atoms with Crippen molar-refractivity contribution in [1.82, 2.24) is 0 Å². The second-order valence-electron chi connectivity index (χ2n) is 1.90. The van der Waals surface area contributed by atoms with Crippen LogP contribution in [0.2, 0.25) is 0 Å². The average Bonchev–Trinajstić information content (AvgIpc) is 2.01. The highest BCUT2D eigenvalue weighted by Crippen LogP contribution is 2.39. The Bertz CT molecular complexity index is 245. The molecule has 13 heavy (non-hydrogen) atoms. The summed E-state index contributed by atoms with van der Waals surface area (Å²) in [6.45, 7) is 0. The van der Waals surface area contributed by atoms with Crippen LogP contribution in [0.3, 0.4) is 0 Å². The fourth-order valence-corrected chi connectivity index (χ4v) is 1.12. The summed E-state index contributed by atoms with van der Waals surface area (Å²) >= 11 is 8.13. The molecule has 0 rings (SSSR count). The monoisotopic (exact) mass is 388 g/mol. The number of rotatable bonds is 4. The molecule has 2 atom stereocenters. The van der Waals surface area contributed by atoms with E-state index in [0.29, 0.717) is 0 Å². The average molecular weight is 389 g/mol. The molecule has 0 aliphatic carbocycles. The zero-order chi connectivity index (χ0) is 10.9. The van der Waals surface area contributed by atoms with Gasteiger partial charge in [-0.3, -0.25) is 0 Å². The molecule has 0 aliphatic heterocycles. The second-order valence-corrected chi connectivity index (χ2v) is 4.73. The van der Waals surface area contributed by atoms with Crippen LogP contribution in [0, 0.1) is 0 Å². The number of hydrogen-bond donors (Lipinski definition) is 3. The van der Waals surface area contributed by atoms with Gasteiger partial charge in [-0.15, -0.1) is 0 Å². The standard InChI is InChI=1S/C4H3BrClIO6/c5-3(12,1(8)9)4(7,13-6)2(10)11/h12H,(H,8,9)(H,10,11). The summed E-state index contributed by atoms with van der Waals surface area (Å²) in [5, 5.41) is 26.2. The molecular formula is C4H3BrClIO6. The van der Waals surface area contributed by atoms with Crippen LogP contribution in [0.15, 0.2) is 0 Å². The molecule has 0 radical (unpaired) electrons. The molecule has 0 aliphatic rings. The topological polar surface area (TPSA) is 104 Å². The van der Waals surface area contributed by atoms with Gasteiger partial charge in [0.25, 0.3) is 8.12 Å². The van der Waals surface area contributed by atoms with Gasteiger partial charge in [0.15, 0.2) is 0 Å². The lowest BCUT2D eigenvalue weighted by molar-refractivity contribution is -0.168. The molecule has 0 saturated carbocycles. The zero-order valence-electron chi connectivity index (χ0n) is 5.70. The SMILES string of the molecule is O=C(O)C(O)(Br)C(I)(OCl)C(=O)O. The van der Waals surface area contributed by atoms with Crippen molar-refractivity contribution in [2.75, 3.05) is 0 Å². The molecule has 0 bridgehead atoms. The number of carboxylic acid groups (broad SMARTS) is 2. The van der Waals surface area contributed by atoms with Gasteiger partial charge in [-0.05, 0) is 38.5 Å². The number of aliphatic hydroxyl groups is 1. The maximum Gasteiger partial charge on any atom is 0.353 e. The molecule has 0 aromatic heterocycles. The highest BCUT2D eigenvalue weighted by atomic mass is 127. The van der Waals surface area contributed by atoms with Gasteiger partial charge in [0.2, 0.25) is 0 Å². The van der Waals surface area contributed by atoms with Gasteiger partial charge < -0.3 is 15.3 Å². The maximum atomic E-state index is 10.5. The summed E-state index contributed by atoms with van der Waals surface area (Å²) in [6.07, 6.45) is 0. The van der Waals surface area contributed by atoms with Crippen LogP contribution < -0.4 is 0 Å². The highest BCUT2D eigenvalue weighted by Gasteiger charge is 2.61. The Morgan fingerprint density at radius 3 is 1.85 bits per heavy atom. The van der Waals surface area contributed by atoms with Crippen molar-refractivity contribution in [2.24, 2.45) is 0 Å². The predicted octanol–water partition coefficient (Wildman–Crippen LogP) is 0.541. The lowest BCUT2D eigenvalue weighted by atomic mass is 10.2. The Labute approximate surface area is 99.3 Å². The fraction of sp³-hybridized carbons (Fsp3) is 0.500. The largest absolute Gasteiger partial charge is 0.478 e. The Morgan fingerprint density at radius 1 is 1.38 bits per heavy atom. The Hall–Kier alpha value is 0.360. The highest BCUT2D eigenvalue weighted by molar-refractivity contribution is 14.1. The van der Waals surface area contributed by atoms with Gasteiger partial charge in [0.1, 0.15) is 0 Å². The number of aliphatic carboxylic acids is 2. The molecule has 2 unspecified atom stereocenters. The summed E-state index contributed by atoms with van der Waals surface area (Å²) in [5.41, 5.74) is 0. The van der Waals surface area contributed by atoms with Crippen LogP contribution in [-0.2, 0) is 13.9 Å². The van der Waals surface area contributed by atoms with Gasteiger partial charge in [0, 0.05) is 0 Å². The van der Waals surface area contributed by atoms with E-state index >= 15 is 0 Å². The first-order valence-electron chi connectivity index (χ1n) is 2.57. The van der Waals surface area contributed by atoms with Crippen molar-refractivity contribution in [3.05, 3.63) is 0 Å². The van der Waals surface area contributed by atoms with Gasteiger partial charge in [0.05, 0.1) is 11.9 Å². The summed E-state index contributed by atoms with van der Waals surface area (Å²) in [5.74, 6) is -3.56. The molecule has 0 spiro atoms. The lowest BCUT2D eigenvalue weighted by Gasteiger charge is -2.28. The Balaban J connectivity index is 5.19. The minimum absolute atomic E-state index is 1.06. The molecule has 0 saturated heterocycles. The van der Waals surface area contributed by atoms with Crippen molar-refractivity contribution in [2.45, 2.75) is 8.12 Å². The first-order chi connectivity index (χ1) is 5.70. The van der Waals surface area contributed by atoms with E-state index in [1.807, 2.05) is 0 Å². The van der Waals surface area contributed by atoms with E-state index in [2.05, 4.69) is 20.2 Å². The van der Waals surface area contributed by atoms with Gasteiger partial charge >= 0.3 is 11.9 Å². The maximum absolute atomic E-state index is 10.5. The van der Waals surface area contributed by atoms with Gasteiger partial charge in [-0.2, -0.15) is 0 Å². The van der Waals surface area contributed by atoms with E-state index in [4.69, 9.17) is 22.1 Å². The fourth-order valence-electron chi connectivity index (χ4n) is 0.363. The quantitative estimate of drug-likeness (QED) is 0.479. The Morgan fingerprint density at radius 2 is 1.77 bits per heavy atom. The first kappa shape index (κ1) is 13.4. The van der Waals surface area contributed by atoms with Crippen molar-refractivity contribution < 1.29 is 29.2 Å². The predicted molar refractivity (Wildman–Crippen MR) is 52.8 cm³/mol. The summed E-state index contributed by atoms with van der Waals surface area (Å²) in [4.78, 5) is 21.0. The number of carbonyl (C=O) groups is 2. The minimum Gasteiger partial charge on any atom is -0.478 e. The van der Waals surface area contributed by atoms with E-state index in [-0.39, 0.29) is 0 Å². The van der Waals surface area contributed by atoms with Crippen LogP contribution in [0.25, 0.3) is 0 Å². The van der Waals surface area contributed by atoms with Gasteiger partial charge in [-0.1, -0.05) is 0 Å².